The summed E-state index contributed by atoms with van der Waals surface area (Å²) in [6, 6.07) is 5.34. The fourth-order valence-corrected chi connectivity index (χ4v) is 3.78. The van der Waals surface area contributed by atoms with Gasteiger partial charge < -0.3 is 5.32 Å². The minimum absolute atomic E-state index is 0.728. The predicted octanol–water partition coefficient (Wildman–Crippen LogP) is 4.08. The molecule has 90 valence electrons. The Balaban J connectivity index is 2.04. The molecule has 0 radical (unpaired) electrons. The molecule has 2 heteroatoms. The lowest BCUT2D eigenvalue weighted by Gasteiger charge is -2.31. The molecule has 1 aliphatic rings. The second kappa shape index (κ2) is 5.83. The van der Waals surface area contributed by atoms with Gasteiger partial charge in [0.1, 0.15) is 0 Å². The molecule has 0 aliphatic heterocycles. The standard InChI is InChI=1S/C14H23NS/c1-3-10-15-13-7-5-4-6-12(13)14-9-8-11(2)16-14/h8-9,12-13,15H,3-7,10H2,1-2H3. The zero-order chi connectivity index (χ0) is 11.4. The van der Waals surface area contributed by atoms with E-state index in [0.717, 1.165) is 12.0 Å². The van der Waals surface area contributed by atoms with Crippen LogP contribution in [0, 0.1) is 6.92 Å². The van der Waals surface area contributed by atoms with Gasteiger partial charge in [-0.15, -0.1) is 11.3 Å². The molecule has 0 spiro atoms. The predicted molar refractivity (Wildman–Crippen MR) is 72.3 cm³/mol. The number of hydrogen-bond donors (Lipinski definition) is 1. The van der Waals surface area contributed by atoms with Gasteiger partial charge in [-0.3, -0.25) is 0 Å². The van der Waals surface area contributed by atoms with Crippen molar-refractivity contribution >= 4 is 11.3 Å². The fraction of sp³-hybridized carbons (Fsp3) is 0.714. The molecular weight excluding hydrogens is 214 g/mol. The molecule has 1 heterocycles. The lowest BCUT2D eigenvalue weighted by molar-refractivity contribution is 0.331. The molecule has 16 heavy (non-hydrogen) atoms. The van der Waals surface area contributed by atoms with E-state index in [-0.39, 0.29) is 0 Å². The quantitative estimate of drug-likeness (QED) is 0.832. The van der Waals surface area contributed by atoms with Crippen LogP contribution in [0.4, 0.5) is 0 Å². The molecule has 1 saturated carbocycles. The first kappa shape index (κ1) is 12.1. The first-order chi connectivity index (χ1) is 7.81. The van der Waals surface area contributed by atoms with Gasteiger partial charge in [0.05, 0.1) is 0 Å². The highest BCUT2D eigenvalue weighted by Gasteiger charge is 2.26. The van der Waals surface area contributed by atoms with Gasteiger partial charge in [-0.05, 0) is 44.9 Å². The SMILES string of the molecule is CCCNC1CCCCC1c1ccc(C)s1. The number of hydrogen-bond acceptors (Lipinski definition) is 2. The summed E-state index contributed by atoms with van der Waals surface area (Å²) in [6.45, 7) is 5.64. The molecular formula is C14H23NS. The van der Waals surface area contributed by atoms with Crippen LogP contribution >= 0.6 is 11.3 Å². The maximum absolute atomic E-state index is 3.74. The molecule has 1 fully saturated rings. The van der Waals surface area contributed by atoms with Crippen LogP contribution in [0.1, 0.15) is 54.7 Å². The van der Waals surface area contributed by atoms with Crippen LogP contribution in [0.15, 0.2) is 12.1 Å². The molecule has 1 aromatic heterocycles. The third kappa shape index (κ3) is 2.86. The molecule has 1 aliphatic carbocycles. The van der Waals surface area contributed by atoms with Crippen molar-refractivity contribution < 1.29 is 0 Å². The van der Waals surface area contributed by atoms with Crippen LogP contribution in [0.2, 0.25) is 0 Å². The second-order valence-corrected chi connectivity index (χ2v) is 6.22. The maximum atomic E-state index is 3.74. The molecule has 1 nitrogen and oxygen atoms in total. The number of thiophene rings is 1. The Morgan fingerprint density at radius 1 is 1.31 bits per heavy atom. The molecule has 1 aromatic rings. The van der Waals surface area contributed by atoms with Crippen LogP contribution in [-0.4, -0.2) is 12.6 Å². The van der Waals surface area contributed by atoms with E-state index >= 15 is 0 Å². The normalized spacial score (nSPS) is 25.9. The van der Waals surface area contributed by atoms with E-state index in [0.29, 0.717) is 0 Å². The van der Waals surface area contributed by atoms with Crippen molar-refractivity contribution in [3.8, 4) is 0 Å². The first-order valence-corrected chi connectivity index (χ1v) is 7.42. The Labute approximate surface area is 103 Å². The van der Waals surface area contributed by atoms with Crippen LogP contribution < -0.4 is 5.32 Å². The highest BCUT2D eigenvalue weighted by atomic mass is 32.1. The summed E-state index contributed by atoms with van der Waals surface area (Å²) >= 11 is 1.99. The summed E-state index contributed by atoms with van der Waals surface area (Å²) in [7, 11) is 0. The highest BCUT2D eigenvalue weighted by molar-refractivity contribution is 7.12. The van der Waals surface area contributed by atoms with E-state index in [1.807, 2.05) is 11.3 Å². The number of rotatable bonds is 4. The molecule has 0 bridgehead atoms. The minimum Gasteiger partial charge on any atom is -0.313 e. The second-order valence-electron chi connectivity index (χ2n) is 4.90. The molecule has 0 aromatic carbocycles. The van der Waals surface area contributed by atoms with Gasteiger partial charge >= 0.3 is 0 Å². The average Bonchev–Trinajstić information content (AvgIpc) is 2.73. The van der Waals surface area contributed by atoms with Crippen molar-refractivity contribution in [3.63, 3.8) is 0 Å². The van der Waals surface area contributed by atoms with E-state index in [2.05, 4.69) is 31.3 Å². The highest BCUT2D eigenvalue weighted by Crippen LogP contribution is 2.36. The third-order valence-corrected chi connectivity index (χ3v) is 4.68. The molecule has 1 N–H and O–H groups in total. The lowest BCUT2D eigenvalue weighted by Crippen LogP contribution is -2.37. The van der Waals surface area contributed by atoms with Crippen molar-refractivity contribution in [2.75, 3.05) is 6.54 Å². The van der Waals surface area contributed by atoms with Gasteiger partial charge in [0.2, 0.25) is 0 Å². The van der Waals surface area contributed by atoms with Crippen LogP contribution in [-0.2, 0) is 0 Å². The Bertz CT molecular complexity index is 318. The zero-order valence-electron chi connectivity index (χ0n) is 10.5. The van der Waals surface area contributed by atoms with Gasteiger partial charge in [0.25, 0.3) is 0 Å². The monoisotopic (exact) mass is 237 g/mol. The third-order valence-electron chi connectivity index (χ3n) is 3.55. The van der Waals surface area contributed by atoms with E-state index in [9.17, 15) is 0 Å². The van der Waals surface area contributed by atoms with Crippen molar-refractivity contribution in [1.29, 1.82) is 0 Å². The average molecular weight is 237 g/mol. The summed E-state index contributed by atoms with van der Waals surface area (Å²) in [4.78, 5) is 3.06. The number of nitrogens with one attached hydrogen (secondary N) is 1. The molecule has 2 unspecified atom stereocenters. The summed E-state index contributed by atoms with van der Waals surface area (Å²) < 4.78 is 0. The Morgan fingerprint density at radius 3 is 2.81 bits per heavy atom. The van der Waals surface area contributed by atoms with Crippen molar-refractivity contribution in [2.24, 2.45) is 0 Å². The molecule has 2 rings (SSSR count). The summed E-state index contributed by atoms with van der Waals surface area (Å²) in [5, 5.41) is 3.74. The first-order valence-electron chi connectivity index (χ1n) is 6.61. The summed E-state index contributed by atoms with van der Waals surface area (Å²) in [5.41, 5.74) is 0. The van der Waals surface area contributed by atoms with Gasteiger partial charge in [0.15, 0.2) is 0 Å². The number of aryl methyl sites for hydroxylation is 1. The van der Waals surface area contributed by atoms with Crippen LogP contribution in [0.25, 0.3) is 0 Å². The van der Waals surface area contributed by atoms with Crippen molar-refractivity contribution in [1.82, 2.24) is 5.32 Å². The topological polar surface area (TPSA) is 12.0 Å². The van der Waals surface area contributed by atoms with Gasteiger partial charge in [0, 0.05) is 21.7 Å². The van der Waals surface area contributed by atoms with E-state index < -0.39 is 0 Å². The van der Waals surface area contributed by atoms with Gasteiger partial charge in [-0.2, -0.15) is 0 Å². The van der Waals surface area contributed by atoms with Crippen LogP contribution in [0.5, 0.6) is 0 Å². The lowest BCUT2D eigenvalue weighted by atomic mass is 9.83. The van der Waals surface area contributed by atoms with E-state index in [1.165, 1.54) is 43.5 Å². The molecule has 0 saturated heterocycles. The maximum Gasteiger partial charge on any atom is 0.0144 e. The smallest absolute Gasteiger partial charge is 0.0144 e. The van der Waals surface area contributed by atoms with E-state index in [4.69, 9.17) is 0 Å². The van der Waals surface area contributed by atoms with Crippen molar-refractivity contribution in [3.05, 3.63) is 21.9 Å². The Kier molecular flexibility index (Phi) is 4.42. The molecule has 2 atom stereocenters. The largest absolute Gasteiger partial charge is 0.313 e. The van der Waals surface area contributed by atoms with Crippen LogP contribution in [0.3, 0.4) is 0 Å². The Morgan fingerprint density at radius 2 is 2.12 bits per heavy atom. The van der Waals surface area contributed by atoms with E-state index in [1.54, 1.807) is 4.88 Å². The molecule has 0 amide bonds. The van der Waals surface area contributed by atoms with Crippen molar-refractivity contribution in [2.45, 2.75) is 57.9 Å². The van der Waals surface area contributed by atoms with Gasteiger partial charge in [-0.25, -0.2) is 0 Å². The minimum atomic E-state index is 0.728. The zero-order valence-corrected chi connectivity index (χ0v) is 11.3. The summed E-state index contributed by atoms with van der Waals surface area (Å²) in [6.07, 6.45) is 6.80. The van der Waals surface area contributed by atoms with Gasteiger partial charge in [-0.1, -0.05) is 19.8 Å². The fourth-order valence-electron chi connectivity index (χ4n) is 2.70. The Hall–Kier alpha value is -0.340. The summed E-state index contributed by atoms with van der Waals surface area (Å²) in [5.74, 6) is 0.777.